The van der Waals surface area contributed by atoms with Crippen molar-refractivity contribution in [1.29, 1.82) is 0 Å². The molecule has 0 aromatic heterocycles. The van der Waals surface area contributed by atoms with Crippen LogP contribution in [0.25, 0.3) is 0 Å². The van der Waals surface area contributed by atoms with Gasteiger partial charge in [-0.15, -0.1) is 5.06 Å². The van der Waals surface area contributed by atoms with Crippen LogP contribution >= 0.6 is 23.4 Å². The van der Waals surface area contributed by atoms with E-state index in [9.17, 15) is 18.0 Å². The normalized spacial score (nSPS) is 16.2. The molecule has 0 aliphatic carbocycles. The first-order valence-electron chi connectivity index (χ1n) is 13.9. The van der Waals surface area contributed by atoms with Crippen molar-refractivity contribution in [2.75, 3.05) is 25.2 Å². The minimum atomic E-state index is -4.45. The van der Waals surface area contributed by atoms with Crippen LogP contribution in [0.3, 0.4) is 0 Å². The van der Waals surface area contributed by atoms with E-state index in [0.29, 0.717) is 34.3 Å². The Morgan fingerprint density at radius 3 is 2.36 bits per heavy atom. The van der Waals surface area contributed by atoms with Crippen LogP contribution in [-0.4, -0.2) is 51.7 Å². The van der Waals surface area contributed by atoms with E-state index in [4.69, 9.17) is 30.1 Å². The summed E-state index contributed by atoms with van der Waals surface area (Å²) in [6.07, 6.45) is 0.464. The number of nitrogens with zero attached hydrogens (tertiary/aromatic N) is 2. The van der Waals surface area contributed by atoms with Gasteiger partial charge in [0, 0.05) is 36.4 Å². The first kappa shape index (κ1) is 33.6. The molecule has 3 aromatic rings. The predicted molar refractivity (Wildman–Crippen MR) is 168 cm³/mol. The Morgan fingerprint density at radius 2 is 1.75 bits per heavy atom. The number of carbonyl (C=O) groups is 2. The van der Waals surface area contributed by atoms with Gasteiger partial charge in [0.05, 0.1) is 29.9 Å². The van der Waals surface area contributed by atoms with Gasteiger partial charge in [-0.25, -0.2) is 4.18 Å². The lowest BCUT2D eigenvalue weighted by Gasteiger charge is -2.37. The molecule has 1 atom stereocenters. The highest BCUT2D eigenvalue weighted by molar-refractivity contribution is 8.01. The number of thioether (sulfide) groups is 1. The number of methoxy groups -OCH3 is 1. The maximum absolute atomic E-state index is 13.9. The lowest BCUT2D eigenvalue weighted by Crippen LogP contribution is -2.47. The van der Waals surface area contributed by atoms with E-state index in [2.05, 4.69) is 0 Å². The van der Waals surface area contributed by atoms with Gasteiger partial charge in [-0.2, -0.15) is 8.42 Å². The number of benzene rings is 3. The van der Waals surface area contributed by atoms with Crippen LogP contribution < -0.4 is 14.4 Å². The second kappa shape index (κ2) is 13.8. The molecule has 0 bridgehead atoms. The minimum absolute atomic E-state index is 0.0524. The maximum Gasteiger partial charge on any atom is 0.322 e. The zero-order valence-electron chi connectivity index (χ0n) is 25.3. The topological polar surface area (TPSA) is 112 Å². The fourth-order valence-electron chi connectivity index (χ4n) is 4.65. The second-order valence-electron chi connectivity index (χ2n) is 10.4. The van der Waals surface area contributed by atoms with Crippen LogP contribution in [-0.2, 0) is 33.8 Å². The molecule has 0 fully saturated rings. The summed E-state index contributed by atoms with van der Waals surface area (Å²) in [7, 11) is -2.98. The summed E-state index contributed by atoms with van der Waals surface area (Å²) in [6.45, 7) is 8.88. The number of carbonyl (C=O) groups excluding carboxylic acids is 2. The van der Waals surface area contributed by atoms with Crippen LogP contribution in [0, 0.1) is 6.92 Å². The van der Waals surface area contributed by atoms with E-state index in [0.717, 1.165) is 17.3 Å². The molecule has 236 valence electrons. The lowest BCUT2D eigenvalue weighted by molar-refractivity contribution is -0.197. The van der Waals surface area contributed by atoms with Crippen molar-refractivity contribution in [2.45, 2.75) is 61.9 Å². The third-order valence-electron chi connectivity index (χ3n) is 6.68. The highest BCUT2D eigenvalue weighted by atomic mass is 35.5. The second-order valence-corrected chi connectivity index (χ2v) is 13.6. The first-order chi connectivity index (χ1) is 20.8. The molecule has 10 nitrogen and oxygen atoms in total. The van der Waals surface area contributed by atoms with Gasteiger partial charge in [-0.3, -0.25) is 14.5 Å². The van der Waals surface area contributed by atoms with Crippen molar-refractivity contribution in [3.8, 4) is 11.5 Å². The largest absolute Gasteiger partial charge is 0.497 e. The molecule has 0 radical (unpaired) electrons. The summed E-state index contributed by atoms with van der Waals surface area (Å²) in [4.78, 5) is 31.9. The number of fused-ring (bicyclic) bond motifs is 1. The van der Waals surface area contributed by atoms with Gasteiger partial charge in [0.25, 0.3) is 10.1 Å². The Kier molecular flexibility index (Phi) is 10.5. The maximum atomic E-state index is 13.9. The van der Waals surface area contributed by atoms with Gasteiger partial charge in [0.2, 0.25) is 11.0 Å². The van der Waals surface area contributed by atoms with Gasteiger partial charge in [0.15, 0.2) is 0 Å². The minimum Gasteiger partial charge on any atom is -0.497 e. The average molecular weight is 663 g/mol. The fourth-order valence-corrected chi connectivity index (χ4v) is 7.65. The van der Waals surface area contributed by atoms with Gasteiger partial charge in [-0.05, 0) is 75.7 Å². The summed E-state index contributed by atoms with van der Waals surface area (Å²) in [6, 6.07) is 16.0. The van der Waals surface area contributed by atoms with Crippen LogP contribution in [0.4, 0.5) is 5.69 Å². The van der Waals surface area contributed by atoms with E-state index in [1.165, 1.54) is 38.0 Å². The van der Waals surface area contributed by atoms with Crippen LogP contribution in [0.2, 0.25) is 5.02 Å². The van der Waals surface area contributed by atoms with Crippen LogP contribution in [0.5, 0.6) is 11.5 Å². The highest BCUT2D eigenvalue weighted by Gasteiger charge is 2.55. The summed E-state index contributed by atoms with van der Waals surface area (Å²) < 4.78 is 45.7. The van der Waals surface area contributed by atoms with Gasteiger partial charge >= 0.3 is 5.97 Å². The Balaban J connectivity index is 1.81. The molecular weight excluding hydrogens is 628 g/mol. The monoisotopic (exact) mass is 662 g/mol. The number of hydroxylamine groups is 2. The number of hydrogen-bond donors (Lipinski definition) is 0. The number of rotatable bonds is 12. The van der Waals surface area contributed by atoms with Crippen molar-refractivity contribution in [2.24, 2.45) is 0 Å². The molecule has 1 aliphatic rings. The molecule has 3 aromatic carbocycles. The SMILES string of the molecule is COc1ccc(OCCCN(OC(C)=O)C(C)C)c(C2(OS(=O)(=O)c3ccc(C)cc3)Sc3cc(Cl)ccc3N2C(C)=O)c1. The average Bonchev–Trinajstić information content (AvgIpc) is 3.27. The van der Waals surface area contributed by atoms with Crippen molar-refractivity contribution in [3.05, 3.63) is 76.8 Å². The van der Waals surface area contributed by atoms with Crippen molar-refractivity contribution in [1.82, 2.24) is 5.06 Å². The third-order valence-corrected chi connectivity index (χ3v) is 9.64. The highest BCUT2D eigenvalue weighted by Crippen LogP contribution is 2.60. The van der Waals surface area contributed by atoms with E-state index < -0.39 is 27.1 Å². The van der Waals surface area contributed by atoms with Crippen LogP contribution in [0.15, 0.2) is 70.5 Å². The van der Waals surface area contributed by atoms with E-state index >= 15 is 0 Å². The molecule has 1 aliphatic heterocycles. The predicted octanol–water partition coefficient (Wildman–Crippen LogP) is 6.29. The zero-order valence-corrected chi connectivity index (χ0v) is 27.7. The molecule has 1 heterocycles. The molecule has 0 N–H and O–H groups in total. The number of halogens is 1. The van der Waals surface area contributed by atoms with E-state index in [1.807, 2.05) is 20.8 Å². The number of hydrogen-bond acceptors (Lipinski definition) is 10. The summed E-state index contributed by atoms with van der Waals surface area (Å²) in [5, 5.41) is -0.000338. The van der Waals surface area contributed by atoms with Crippen molar-refractivity contribution >= 4 is 51.0 Å². The molecule has 1 unspecified atom stereocenters. The fraction of sp³-hybridized carbons (Fsp3) is 0.355. The Morgan fingerprint density at radius 1 is 1.05 bits per heavy atom. The van der Waals surface area contributed by atoms with E-state index in [1.54, 1.807) is 53.6 Å². The van der Waals surface area contributed by atoms with Crippen molar-refractivity contribution in [3.63, 3.8) is 0 Å². The van der Waals surface area contributed by atoms with Crippen LogP contribution in [0.1, 0.15) is 45.2 Å². The zero-order chi connectivity index (χ0) is 32.2. The smallest absolute Gasteiger partial charge is 0.322 e. The molecule has 4 rings (SSSR count). The molecule has 0 saturated carbocycles. The molecule has 13 heteroatoms. The summed E-state index contributed by atoms with van der Waals surface area (Å²) in [5.41, 5.74) is 1.53. The number of anilines is 1. The Bertz CT molecular complexity index is 1630. The first-order valence-corrected chi connectivity index (χ1v) is 16.5. The Hall–Kier alpha value is -3.29. The lowest BCUT2D eigenvalue weighted by atomic mass is 10.1. The molecule has 0 spiro atoms. The number of ether oxygens (including phenoxy) is 2. The standard InChI is InChI=1S/C31H35ClN2O8S2/c1-20(2)33(41-23(5)36)16-7-17-40-29-15-11-25(39-6)19-27(29)31(42-44(37,38)26-12-8-21(3)9-13-26)34(22(4)35)28-14-10-24(32)18-30(28)43-31/h8-15,18-20H,7,16-17H2,1-6H3. The quantitative estimate of drug-likeness (QED) is 0.125. The van der Waals surface area contributed by atoms with Gasteiger partial charge in [-0.1, -0.05) is 41.1 Å². The van der Waals surface area contributed by atoms with E-state index in [-0.39, 0.29) is 28.9 Å². The molecule has 0 saturated heterocycles. The van der Waals surface area contributed by atoms with Gasteiger partial charge in [0.1, 0.15) is 11.5 Å². The third kappa shape index (κ3) is 7.32. The molecular formula is C31H35ClN2O8S2. The number of aryl methyl sites for hydroxylation is 1. The van der Waals surface area contributed by atoms with Crippen molar-refractivity contribution < 1.29 is 36.5 Å². The van der Waals surface area contributed by atoms with Gasteiger partial charge < -0.3 is 14.3 Å². The number of amides is 1. The summed E-state index contributed by atoms with van der Waals surface area (Å²) >= 11 is 7.34. The summed E-state index contributed by atoms with van der Waals surface area (Å²) in [5.74, 6) is -0.235. The molecule has 44 heavy (non-hydrogen) atoms. The molecule has 1 amide bonds. The Labute approximate surface area is 267 Å².